The summed E-state index contributed by atoms with van der Waals surface area (Å²) < 4.78 is 1.98. The fourth-order valence-corrected chi connectivity index (χ4v) is 2.47. The van der Waals surface area contributed by atoms with Crippen molar-refractivity contribution in [2.45, 2.75) is 32.1 Å². The monoisotopic (exact) mass is 270 g/mol. The molecule has 4 nitrogen and oxygen atoms in total. The highest BCUT2D eigenvalue weighted by atomic mass is 16.4. The topological polar surface area (TPSA) is 55.1 Å². The molecule has 1 saturated carbocycles. The van der Waals surface area contributed by atoms with E-state index in [0.717, 1.165) is 11.3 Å². The van der Waals surface area contributed by atoms with Crippen LogP contribution in [-0.2, 0) is 11.2 Å². The maximum absolute atomic E-state index is 11.0. The number of carboxylic acids is 1. The Kier molecular flexibility index (Phi) is 3.30. The van der Waals surface area contributed by atoms with Crippen molar-refractivity contribution in [3.8, 4) is 5.69 Å². The fraction of sp³-hybridized carbons (Fsp3) is 0.375. The third-order valence-corrected chi connectivity index (χ3v) is 3.79. The zero-order chi connectivity index (χ0) is 14.1. The number of nitrogens with zero attached hydrogens (tertiary/aromatic N) is 2. The maximum Gasteiger partial charge on any atom is 0.306 e. The largest absolute Gasteiger partial charge is 0.481 e. The molecule has 20 heavy (non-hydrogen) atoms. The number of carbonyl (C=O) groups is 1. The number of carboxylic acid groups (broad SMARTS) is 1. The third-order valence-electron chi connectivity index (χ3n) is 3.79. The van der Waals surface area contributed by atoms with Crippen LogP contribution in [0.3, 0.4) is 0 Å². The SMILES string of the molecule is CC(Cc1cccc(-n2nccc2C2CC2)c1)C(=O)O. The van der Waals surface area contributed by atoms with Gasteiger partial charge in [-0.15, -0.1) is 0 Å². The van der Waals surface area contributed by atoms with Crippen molar-refractivity contribution in [3.05, 3.63) is 47.8 Å². The van der Waals surface area contributed by atoms with Crippen LogP contribution in [0.1, 0.15) is 36.9 Å². The molecule has 1 aliphatic rings. The van der Waals surface area contributed by atoms with Crippen LogP contribution in [0.5, 0.6) is 0 Å². The lowest BCUT2D eigenvalue weighted by Gasteiger charge is -2.10. The van der Waals surface area contributed by atoms with Crippen LogP contribution in [0.4, 0.5) is 0 Å². The molecule has 2 aromatic rings. The Morgan fingerprint density at radius 2 is 2.25 bits per heavy atom. The molecule has 0 bridgehead atoms. The van der Waals surface area contributed by atoms with Gasteiger partial charge in [0.05, 0.1) is 11.6 Å². The van der Waals surface area contributed by atoms with E-state index in [-0.39, 0.29) is 5.92 Å². The van der Waals surface area contributed by atoms with Crippen LogP contribution in [0.25, 0.3) is 5.69 Å². The number of hydrogen-bond acceptors (Lipinski definition) is 2. The van der Waals surface area contributed by atoms with E-state index in [1.165, 1.54) is 18.5 Å². The van der Waals surface area contributed by atoms with Crippen LogP contribution >= 0.6 is 0 Å². The van der Waals surface area contributed by atoms with Crippen molar-refractivity contribution in [1.82, 2.24) is 9.78 Å². The minimum atomic E-state index is -0.756. The second kappa shape index (κ2) is 5.12. The molecular weight excluding hydrogens is 252 g/mol. The van der Waals surface area contributed by atoms with E-state index in [0.29, 0.717) is 12.3 Å². The van der Waals surface area contributed by atoms with E-state index in [1.54, 1.807) is 6.92 Å². The molecule has 1 aromatic heterocycles. The van der Waals surface area contributed by atoms with Gasteiger partial charge in [0.15, 0.2) is 0 Å². The average Bonchev–Trinajstić information content (AvgIpc) is 3.16. The number of aliphatic carboxylic acids is 1. The minimum absolute atomic E-state index is 0.370. The van der Waals surface area contributed by atoms with Crippen molar-refractivity contribution in [2.75, 3.05) is 0 Å². The van der Waals surface area contributed by atoms with Gasteiger partial charge < -0.3 is 5.11 Å². The third kappa shape index (κ3) is 2.59. The first-order valence-corrected chi connectivity index (χ1v) is 7.01. The number of benzene rings is 1. The van der Waals surface area contributed by atoms with Gasteiger partial charge in [0.25, 0.3) is 0 Å². The summed E-state index contributed by atoms with van der Waals surface area (Å²) in [6.45, 7) is 1.73. The van der Waals surface area contributed by atoms with Crippen LogP contribution in [0.15, 0.2) is 36.5 Å². The Hall–Kier alpha value is -2.10. The molecule has 1 aliphatic carbocycles. The van der Waals surface area contributed by atoms with Crippen LogP contribution in [0, 0.1) is 5.92 Å². The molecule has 3 rings (SSSR count). The summed E-state index contributed by atoms with van der Waals surface area (Å²) in [5.74, 6) is -0.488. The Morgan fingerprint density at radius 3 is 2.95 bits per heavy atom. The Morgan fingerprint density at radius 1 is 1.45 bits per heavy atom. The first-order valence-electron chi connectivity index (χ1n) is 7.01. The Balaban J connectivity index is 1.87. The highest BCUT2D eigenvalue weighted by molar-refractivity contribution is 5.69. The molecule has 1 unspecified atom stereocenters. The normalized spacial score (nSPS) is 16.1. The van der Waals surface area contributed by atoms with Gasteiger partial charge in [-0.1, -0.05) is 19.1 Å². The first-order chi connectivity index (χ1) is 9.65. The van der Waals surface area contributed by atoms with E-state index >= 15 is 0 Å². The molecule has 1 N–H and O–H groups in total. The van der Waals surface area contributed by atoms with Gasteiger partial charge >= 0.3 is 5.97 Å². The zero-order valence-electron chi connectivity index (χ0n) is 11.5. The van der Waals surface area contributed by atoms with Crippen LogP contribution in [-0.4, -0.2) is 20.9 Å². The lowest BCUT2D eigenvalue weighted by atomic mass is 10.0. The van der Waals surface area contributed by atoms with Gasteiger partial charge in [-0.25, -0.2) is 4.68 Å². The second-order valence-electron chi connectivity index (χ2n) is 5.56. The number of hydrogen-bond donors (Lipinski definition) is 1. The maximum atomic E-state index is 11.0. The summed E-state index contributed by atoms with van der Waals surface area (Å²) in [5.41, 5.74) is 3.31. The highest BCUT2D eigenvalue weighted by Crippen LogP contribution is 2.40. The molecule has 104 valence electrons. The van der Waals surface area contributed by atoms with Crippen molar-refractivity contribution >= 4 is 5.97 Å². The first kappa shape index (κ1) is 12.9. The predicted molar refractivity (Wildman–Crippen MR) is 76.0 cm³/mol. The molecule has 1 atom stereocenters. The average molecular weight is 270 g/mol. The number of aromatic nitrogens is 2. The van der Waals surface area contributed by atoms with E-state index in [4.69, 9.17) is 5.11 Å². The molecule has 0 saturated heterocycles. The standard InChI is InChI=1S/C16H18N2O2/c1-11(16(19)20)9-12-3-2-4-14(10-12)18-15(7-8-17-18)13-5-6-13/h2-4,7-8,10-11,13H,5-6,9H2,1H3,(H,19,20). The lowest BCUT2D eigenvalue weighted by molar-refractivity contribution is -0.141. The molecule has 0 radical (unpaired) electrons. The fourth-order valence-electron chi connectivity index (χ4n) is 2.47. The smallest absolute Gasteiger partial charge is 0.306 e. The highest BCUT2D eigenvalue weighted by Gasteiger charge is 2.27. The summed E-state index contributed by atoms with van der Waals surface area (Å²) in [6, 6.07) is 10.1. The van der Waals surface area contributed by atoms with E-state index in [2.05, 4.69) is 11.2 Å². The van der Waals surface area contributed by atoms with E-state index < -0.39 is 5.97 Å². The van der Waals surface area contributed by atoms with Crippen LogP contribution < -0.4 is 0 Å². The van der Waals surface area contributed by atoms with E-state index in [9.17, 15) is 4.79 Å². The summed E-state index contributed by atoms with van der Waals surface area (Å²) in [7, 11) is 0. The minimum Gasteiger partial charge on any atom is -0.481 e. The molecular formula is C16H18N2O2. The second-order valence-corrected chi connectivity index (χ2v) is 5.56. The molecule has 1 heterocycles. The summed E-state index contributed by atoms with van der Waals surface area (Å²) in [5, 5.41) is 13.4. The van der Waals surface area contributed by atoms with Gasteiger partial charge in [0.2, 0.25) is 0 Å². The Bertz CT molecular complexity index is 629. The van der Waals surface area contributed by atoms with Gasteiger partial charge in [0.1, 0.15) is 0 Å². The van der Waals surface area contributed by atoms with Crippen LogP contribution in [0.2, 0.25) is 0 Å². The van der Waals surface area contributed by atoms with Crippen molar-refractivity contribution in [1.29, 1.82) is 0 Å². The van der Waals surface area contributed by atoms with Gasteiger partial charge in [-0.2, -0.15) is 5.10 Å². The van der Waals surface area contributed by atoms with Crippen molar-refractivity contribution < 1.29 is 9.90 Å². The quantitative estimate of drug-likeness (QED) is 0.908. The summed E-state index contributed by atoms with van der Waals surface area (Å²) in [6.07, 6.45) is 4.85. The molecule has 1 fully saturated rings. The lowest BCUT2D eigenvalue weighted by Crippen LogP contribution is -2.12. The zero-order valence-corrected chi connectivity index (χ0v) is 11.5. The predicted octanol–water partition coefficient (Wildman–Crippen LogP) is 3.01. The van der Waals surface area contributed by atoms with Crippen molar-refractivity contribution in [3.63, 3.8) is 0 Å². The summed E-state index contributed by atoms with van der Waals surface area (Å²) >= 11 is 0. The van der Waals surface area contributed by atoms with Gasteiger partial charge in [-0.3, -0.25) is 4.79 Å². The molecule has 0 spiro atoms. The molecule has 0 amide bonds. The Labute approximate surface area is 118 Å². The van der Waals surface area contributed by atoms with E-state index in [1.807, 2.05) is 35.1 Å². The molecule has 1 aromatic carbocycles. The van der Waals surface area contributed by atoms with Gasteiger partial charge in [0, 0.05) is 17.8 Å². The summed E-state index contributed by atoms with van der Waals surface area (Å²) in [4.78, 5) is 11.0. The van der Waals surface area contributed by atoms with Gasteiger partial charge in [-0.05, 0) is 43.0 Å². The van der Waals surface area contributed by atoms with Crippen molar-refractivity contribution in [2.24, 2.45) is 5.92 Å². The number of rotatable bonds is 5. The molecule has 4 heteroatoms. The molecule has 0 aliphatic heterocycles.